The summed E-state index contributed by atoms with van der Waals surface area (Å²) in [6.07, 6.45) is 5.42. The largest absolute Gasteiger partial charge is 0.341 e. The highest BCUT2D eigenvalue weighted by molar-refractivity contribution is 7.88. The molecule has 2 aliphatic heterocycles. The van der Waals surface area contributed by atoms with Gasteiger partial charge in [0.2, 0.25) is 15.9 Å². The molecule has 2 saturated heterocycles. The van der Waals surface area contributed by atoms with Crippen LogP contribution in [0.1, 0.15) is 25.7 Å². The molecular weight excluding hydrogens is 252 g/mol. The van der Waals surface area contributed by atoms with Crippen LogP contribution >= 0.6 is 0 Å². The molecule has 0 aromatic heterocycles. The molecule has 3 aliphatic rings. The van der Waals surface area contributed by atoms with Crippen LogP contribution in [0.5, 0.6) is 0 Å². The van der Waals surface area contributed by atoms with Gasteiger partial charge in [-0.1, -0.05) is 6.42 Å². The smallest absolute Gasteiger partial charge is 0.225 e. The Kier molecular flexibility index (Phi) is 2.71. The van der Waals surface area contributed by atoms with E-state index in [1.165, 1.54) is 12.7 Å². The Bertz CT molecular complexity index is 464. The molecular formula is C12H20N2O3S. The minimum absolute atomic E-state index is 0.0580. The molecule has 6 heteroatoms. The Balaban J connectivity index is 1.57. The summed E-state index contributed by atoms with van der Waals surface area (Å²) in [6.45, 7) is 2.73. The zero-order chi connectivity index (χ0) is 13.0. The van der Waals surface area contributed by atoms with Crippen molar-refractivity contribution in [1.82, 2.24) is 9.21 Å². The Hall–Kier alpha value is -0.620. The summed E-state index contributed by atoms with van der Waals surface area (Å²) in [7, 11) is -3.07. The molecule has 1 saturated carbocycles. The molecule has 0 bridgehead atoms. The van der Waals surface area contributed by atoms with Gasteiger partial charge in [0.1, 0.15) is 0 Å². The van der Waals surface area contributed by atoms with Gasteiger partial charge >= 0.3 is 0 Å². The van der Waals surface area contributed by atoms with Crippen molar-refractivity contribution in [2.75, 3.05) is 32.4 Å². The van der Waals surface area contributed by atoms with Gasteiger partial charge in [-0.25, -0.2) is 12.7 Å². The summed E-state index contributed by atoms with van der Waals surface area (Å²) in [5.74, 6) is 0.555. The van der Waals surface area contributed by atoms with Gasteiger partial charge in [0.25, 0.3) is 0 Å². The van der Waals surface area contributed by atoms with Crippen LogP contribution in [0.4, 0.5) is 0 Å². The quantitative estimate of drug-likeness (QED) is 0.725. The van der Waals surface area contributed by atoms with Crippen molar-refractivity contribution in [1.29, 1.82) is 0 Å². The van der Waals surface area contributed by atoms with Crippen molar-refractivity contribution in [3.63, 3.8) is 0 Å². The van der Waals surface area contributed by atoms with Gasteiger partial charge < -0.3 is 4.90 Å². The first kappa shape index (κ1) is 12.4. The molecule has 18 heavy (non-hydrogen) atoms. The maximum Gasteiger partial charge on any atom is 0.225 e. The van der Waals surface area contributed by atoms with Crippen molar-refractivity contribution < 1.29 is 13.2 Å². The third-order valence-electron chi connectivity index (χ3n) is 4.69. The summed E-state index contributed by atoms with van der Waals surface area (Å²) in [5, 5.41) is 0. The first-order valence-electron chi connectivity index (χ1n) is 6.64. The molecule has 0 aromatic rings. The SMILES string of the molecule is CS(=O)(=O)N1CCC2(CN(C(=O)C3CCC3)C2)C1. The normalized spacial score (nSPS) is 28.2. The monoisotopic (exact) mass is 272 g/mol. The van der Waals surface area contributed by atoms with Crippen molar-refractivity contribution in [3.8, 4) is 0 Å². The zero-order valence-electron chi connectivity index (χ0n) is 10.8. The van der Waals surface area contributed by atoms with E-state index in [4.69, 9.17) is 0 Å². The van der Waals surface area contributed by atoms with E-state index in [2.05, 4.69) is 0 Å². The fraction of sp³-hybridized carbons (Fsp3) is 0.917. The van der Waals surface area contributed by atoms with Crippen molar-refractivity contribution in [2.45, 2.75) is 25.7 Å². The first-order chi connectivity index (χ1) is 8.40. The van der Waals surface area contributed by atoms with Gasteiger partial charge in [0, 0.05) is 37.5 Å². The highest BCUT2D eigenvalue weighted by Gasteiger charge is 2.51. The predicted molar refractivity (Wildman–Crippen MR) is 67.4 cm³/mol. The molecule has 0 N–H and O–H groups in total. The van der Waals surface area contributed by atoms with Crippen LogP contribution in [-0.2, 0) is 14.8 Å². The van der Waals surface area contributed by atoms with E-state index in [1.54, 1.807) is 4.31 Å². The van der Waals surface area contributed by atoms with E-state index in [9.17, 15) is 13.2 Å². The minimum atomic E-state index is -3.07. The van der Waals surface area contributed by atoms with Crippen LogP contribution in [0.25, 0.3) is 0 Å². The van der Waals surface area contributed by atoms with Crippen LogP contribution in [0.3, 0.4) is 0 Å². The Morgan fingerprint density at radius 3 is 2.33 bits per heavy atom. The second-order valence-corrected chi connectivity index (χ2v) is 8.15. The second-order valence-electron chi connectivity index (χ2n) is 6.17. The van der Waals surface area contributed by atoms with E-state index >= 15 is 0 Å². The highest BCUT2D eigenvalue weighted by atomic mass is 32.2. The minimum Gasteiger partial charge on any atom is -0.341 e. The molecule has 1 spiro atoms. The number of nitrogens with zero attached hydrogens (tertiary/aromatic N) is 2. The number of carbonyl (C=O) groups excluding carboxylic acids is 1. The predicted octanol–water partition coefficient (Wildman–Crippen LogP) is 0.280. The fourth-order valence-electron chi connectivity index (χ4n) is 3.27. The lowest BCUT2D eigenvalue weighted by molar-refractivity contribution is -0.149. The lowest BCUT2D eigenvalue weighted by atomic mass is 9.76. The first-order valence-corrected chi connectivity index (χ1v) is 8.48. The number of likely N-dealkylation sites (tertiary alicyclic amines) is 1. The Labute approximate surface area is 108 Å². The van der Waals surface area contributed by atoms with Crippen molar-refractivity contribution in [3.05, 3.63) is 0 Å². The maximum absolute atomic E-state index is 12.0. The van der Waals surface area contributed by atoms with Crippen LogP contribution in [0, 0.1) is 11.3 Å². The van der Waals surface area contributed by atoms with E-state index < -0.39 is 10.0 Å². The summed E-state index contributed by atoms with van der Waals surface area (Å²) >= 11 is 0. The van der Waals surface area contributed by atoms with Crippen LogP contribution in [0.2, 0.25) is 0 Å². The molecule has 1 aliphatic carbocycles. The van der Waals surface area contributed by atoms with Gasteiger partial charge in [0.15, 0.2) is 0 Å². The molecule has 3 rings (SSSR count). The van der Waals surface area contributed by atoms with Gasteiger partial charge in [-0.15, -0.1) is 0 Å². The summed E-state index contributed by atoms with van der Waals surface area (Å²) in [4.78, 5) is 13.9. The molecule has 0 radical (unpaired) electrons. The Morgan fingerprint density at radius 1 is 1.22 bits per heavy atom. The summed E-state index contributed by atoms with van der Waals surface area (Å²) < 4.78 is 24.5. The summed E-state index contributed by atoms with van der Waals surface area (Å²) in [5.41, 5.74) is 0.0580. The van der Waals surface area contributed by atoms with Crippen LogP contribution in [0.15, 0.2) is 0 Å². The van der Waals surface area contributed by atoms with E-state index in [-0.39, 0.29) is 11.3 Å². The number of amides is 1. The fourth-order valence-corrected chi connectivity index (χ4v) is 4.20. The van der Waals surface area contributed by atoms with Gasteiger partial charge in [-0.2, -0.15) is 0 Å². The topological polar surface area (TPSA) is 57.7 Å². The number of hydrogen-bond donors (Lipinski definition) is 0. The molecule has 3 fully saturated rings. The molecule has 2 heterocycles. The number of sulfonamides is 1. The van der Waals surface area contributed by atoms with Gasteiger partial charge in [-0.3, -0.25) is 4.79 Å². The Morgan fingerprint density at radius 2 is 1.89 bits per heavy atom. The van der Waals surface area contributed by atoms with E-state index in [1.807, 2.05) is 4.90 Å². The third-order valence-corrected chi connectivity index (χ3v) is 5.94. The molecule has 1 amide bonds. The number of rotatable bonds is 2. The highest BCUT2D eigenvalue weighted by Crippen LogP contribution is 2.42. The molecule has 0 unspecified atom stereocenters. The summed E-state index contributed by atoms with van der Waals surface area (Å²) in [6, 6.07) is 0. The van der Waals surface area contributed by atoms with Crippen LogP contribution < -0.4 is 0 Å². The molecule has 0 aromatic carbocycles. The molecule has 102 valence electrons. The number of carbonyl (C=O) groups is 1. The standard InChI is InChI=1S/C12H20N2O3S/c1-18(16,17)14-6-5-12(9-14)7-13(8-12)11(15)10-3-2-4-10/h10H,2-9H2,1H3. The average Bonchev–Trinajstić information content (AvgIpc) is 2.55. The van der Waals surface area contributed by atoms with Crippen LogP contribution in [-0.4, -0.2) is 56.0 Å². The second kappa shape index (κ2) is 3.93. The third kappa shape index (κ3) is 1.95. The lowest BCUT2D eigenvalue weighted by Gasteiger charge is -2.49. The zero-order valence-corrected chi connectivity index (χ0v) is 11.6. The van der Waals surface area contributed by atoms with Gasteiger partial charge in [-0.05, 0) is 19.3 Å². The molecule has 0 atom stereocenters. The van der Waals surface area contributed by atoms with Crippen molar-refractivity contribution >= 4 is 15.9 Å². The maximum atomic E-state index is 12.0. The lowest BCUT2D eigenvalue weighted by Crippen LogP contribution is -2.61. The van der Waals surface area contributed by atoms with Gasteiger partial charge in [0.05, 0.1) is 6.26 Å². The van der Waals surface area contributed by atoms with E-state index in [0.29, 0.717) is 19.0 Å². The number of hydrogen-bond acceptors (Lipinski definition) is 3. The average molecular weight is 272 g/mol. The van der Waals surface area contributed by atoms with Crippen molar-refractivity contribution in [2.24, 2.45) is 11.3 Å². The molecule has 5 nitrogen and oxygen atoms in total. The van der Waals surface area contributed by atoms with E-state index in [0.717, 1.165) is 32.4 Å².